The van der Waals surface area contributed by atoms with Crippen LogP contribution in [-0.2, 0) is 31.9 Å². The van der Waals surface area contributed by atoms with Gasteiger partial charge in [-0.1, -0.05) is 162 Å². The first-order valence-corrected chi connectivity index (χ1v) is 22.7. The fourth-order valence-electron chi connectivity index (χ4n) is 9.56. The summed E-state index contributed by atoms with van der Waals surface area (Å²) in [5.74, 6) is 1.34. The number of nitrogens with zero attached hydrogens (tertiary/aromatic N) is 4. The third kappa shape index (κ3) is 7.42. The number of aryl methyl sites for hydroxylation is 2. The van der Waals surface area contributed by atoms with Crippen LogP contribution < -0.4 is 9.30 Å². The van der Waals surface area contributed by atoms with Gasteiger partial charge in [0.2, 0.25) is 0 Å². The van der Waals surface area contributed by atoms with E-state index in [0.717, 1.165) is 27.4 Å². The van der Waals surface area contributed by atoms with Gasteiger partial charge in [0.15, 0.2) is 0 Å². The molecular weight excluding hydrogens is 1040 g/mol. The summed E-state index contributed by atoms with van der Waals surface area (Å²) < 4.78 is 141. The number of para-hydroxylation sites is 2. The molecule has 6 heteroatoms. The second-order valence-electron chi connectivity index (χ2n) is 19.4. The predicted octanol–water partition coefficient (Wildman–Crippen LogP) is 15.8. The Morgan fingerprint density at radius 1 is 0.586 bits per heavy atom. The third-order valence-corrected chi connectivity index (χ3v) is 13.0. The van der Waals surface area contributed by atoms with Crippen LogP contribution in [0.3, 0.4) is 0 Å². The zero-order valence-electron chi connectivity index (χ0n) is 53.1. The fraction of sp³-hybridized carbons (Fsp3) is 0.156. The van der Waals surface area contributed by atoms with Gasteiger partial charge in [0.1, 0.15) is 5.82 Å². The van der Waals surface area contributed by atoms with Crippen LogP contribution in [0.25, 0.3) is 94.5 Å². The zero-order valence-corrected chi connectivity index (χ0v) is 41.3. The molecule has 0 aliphatic carbocycles. The molecule has 346 valence electrons. The van der Waals surface area contributed by atoms with E-state index in [0.29, 0.717) is 28.3 Å². The van der Waals surface area contributed by atoms with Crippen molar-refractivity contribution < 1.29 is 49.6 Å². The molecule has 0 amide bonds. The molecule has 12 rings (SSSR count). The van der Waals surface area contributed by atoms with Gasteiger partial charge in [-0.2, -0.15) is 18.2 Å². The number of aromatic nitrogens is 4. The van der Waals surface area contributed by atoms with E-state index in [4.69, 9.17) is 22.1 Å². The molecule has 0 fully saturated rings. The molecule has 8 aromatic carbocycles. The maximum atomic E-state index is 9.84. The first-order chi connectivity index (χ1) is 39.1. The Morgan fingerprint density at radius 2 is 1.21 bits per heavy atom. The molecule has 0 saturated heterocycles. The van der Waals surface area contributed by atoms with Crippen molar-refractivity contribution in [3.8, 4) is 73.2 Å². The number of imidazole rings is 1. The molecule has 1 aliphatic rings. The maximum Gasteiger partial charge on any atom is 0.268 e. The van der Waals surface area contributed by atoms with E-state index < -0.39 is 67.5 Å². The number of rotatable bonds is 5. The quantitative estimate of drug-likeness (QED) is 0.127. The minimum Gasteiger partial charge on any atom is -0.510 e. The minimum absolute atomic E-state index is 0. The second-order valence-corrected chi connectivity index (χ2v) is 19.4. The van der Waals surface area contributed by atoms with Gasteiger partial charge >= 0.3 is 0 Å². The van der Waals surface area contributed by atoms with Crippen molar-refractivity contribution >= 4 is 32.8 Å². The first kappa shape index (κ1) is 31.7. The molecule has 0 bridgehead atoms. The number of hydrogen-bond acceptors (Lipinski definition) is 2. The van der Waals surface area contributed by atoms with Gasteiger partial charge in [-0.25, -0.2) is 4.98 Å². The van der Waals surface area contributed by atoms with Crippen LogP contribution in [0.2, 0.25) is 0 Å². The Bertz CT molecular complexity index is 4550. The molecule has 3 aromatic heterocycles. The zero-order chi connectivity index (χ0) is 59.3. The summed E-state index contributed by atoms with van der Waals surface area (Å²) in [5.41, 5.74) is 2.22. The molecule has 4 heterocycles. The smallest absolute Gasteiger partial charge is 0.268 e. The van der Waals surface area contributed by atoms with Crippen LogP contribution in [0.5, 0.6) is 11.5 Å². The number of benzene rings is 8. The van der Waals surface area contributed by atoms with E-state index >= 15 is 0 Å². The fourth-order valence-corrected chi connectivity index (χ4v) is 9.56. The molecule has 5 nitrogen and oxygen atoms in total. The van der Waals surface area contributed by atoms with Crippen LogP contribution in [0.1, 0.15) is 83.0 Å². The average molecular weight is 1100 g/mol. The summed E-state index contributed by atoms with van der Waals surface area (Å²) in [6, 6.07) is 36.0. The number of ether oxygens (including phenoxy) is 1. The molecule has 0 unspecified atom stereocenters. The molecule has 0 radical (unpaired) electrons. The molecule has 0 spiro atoms. The summed E-state index contributed by atoms with van der Waals surface area (Å²) in [5, 5.41) is 1.93. The van der Waals surface area contributed by atoms with Crippen molar-refractivity contribution in [2.24, 2.45) is 0 Å². The van der Waals surface area contributed by atoms with Crippen molar-refractivity contribution in [2.75, 3.05) is 0 Å². The number of fused-ring (bicyclic) bond motifs is 10. The second kappa shape index (κ2) is 17.0. The van der Waals surface area contributed by atoms with E-state index in [1.165, 1.54) is 18.2 Å². The molecule has 11 aromatic rings. The summed E-state index contributed by atoms with van der Waals surface area (Å²) in [7, 11) is 0. The Hall–Kier alpha value is -7.33. The minimum atomic E-state index is -2.90. The monoisotopic (exact) mass is 1100 g/mol. The Labute approximate surface area is 444 Å². The molecule has 0 atom stereocenters. The summed E-state index contributed by atoms with van der Waals surface area (Å²) in [6.07, 6.45) is 5.31. The van der Waals surface area contributed by atoms with E-state index in [1.807, 2.05) is 63.4 Å². The molecular formula is C64H52N4OPt-2. The largest absolute Gasteiger partial charge is 0.510 e. The van der Waals surface area contributed by atoms with Gasteiger partial charge < -0.3 is 13.9 Å². The summed E-state index contributed by atoms with van der Waals surface area (Å²) in [4.78, 5) is 4.82. The SMILES string of the molecule is [2H]c1c([2H])c([2H])c2c(c1[2H])-c1cc(C(C)(C)C)cc(-c3c(C([2H])([2H])[2H])cccc3C([2H])([2H])[2H])c1-[n+]1[c-]n(-c3[c-]c(Oc4[c-]c5c(cc4)c4ccccc4n5-c4cc(C(C)(C)C)ccn4)ccc3)c3cccc(c31)-c1c([2H])c([2H])c([2H])c([2H])c1-2.[Pt]. The Kier molecular flexibility index (Phi) is 7.69. The summed E-state index contributed by atoms with van der Waals surface area (Å²) in [6.45, 7) is 6.34. The van der Waals surface area contributed by atoms with E-state index in [-0.39, 0.29) is 99.1 Å². The standard InChI is InChI=1S/C64H52N4O.Pt/c1-40-18-15-19-41(2)60(40)55-35-43(64(6,7)8)34-54-50-25-12-10-23-48(50)47-22-9-11-24-49(47)53-27-17-29-57-62(53)67(61(54)55)39-66(57)44-20-16-21-45(37-44)69-46-30-31-52-51-26-13-14-28-56(51)68(58(52)38-46)59-36-42(32-33-65-59)63(3,4)5;/h9-36H,1-8H3;/q-2;/i1D3,2D3,9D,10D,11D,12D,22D,23D,24D,25D;. The molecule has 0 saturated carbocycles. The number of pyridine rings is 1. The van der Waals surface area contributed by atoms with Crippen LogP contribution in [-0.4, -0.2) is 14.1 Å². The molecule has 70 heavy (non-hydrogen) atoms. The van der Waals surface area contributed by atoms with Gasteiger partial charge in [-0.05, 0) is 121 Å². The van der Waals surface area contributed by atoms with Crippen LogP contribution in [0.4, 0.5) is 0 Å². The molecule has 0 N–H and O–H groups in total. The van der Waals surface area contributed by atoms with Crippen molar-refractivity contribution in [2.45, 2.75) is 66.1 Å². The van der Waals surface area contributed by atoms with Crippen LogP contribution >= 0.6 is 0 Å². The van der Waals surface area contributed by atoms with Gasteiger partial charge in [0.05, 0.1) is 27.7 Å². The third-order valence-electron chi connectivity index (χ3n) is 13.0. The number of hydrogen-bond donors (Lipinski definition) is 0. The van der Waals surface area contributed by atoms with Gasteiger partial charge in [0, 0.05) is 52.5 Å². The maximum absolute atomic E-state index is 9.84. The van der Waals surface area contributed by atoms with E-state index in [9.17, 15) is 6.85 Å². The Balaban J connectivity index is 0.00000736. The van der Waals surface area contributed by atoms with Crippen LogP contribution in [0.15, 0.2) is 170 Å². The van der Waals surface area contributed by atoms with Crippen molar-refractivity contribution in [1.29, 1.82) is 0 Å². The normalized spacial score (nSPS) is 15.4. The van der Waals surface area contributed by atoms with Crippen molar-refractivity contribution in [1.82, 2.24) is 14.1 Å². The van der Waals surface area contributed by atoms with E-state index in [2.05, 4.69) is 55.9 Å². The van der Waals surface area contributed by atoms with Gasteiger partial charge in [-0.3, -0.25) is 4.57 Å². The van der Waals surface area contributed by atoms with E-state index in [1.54, 1.807) is 57.7 Å². The van der Waals surface area contributed by atoms with Crippen LogP contribution in [0, 0.1) is 32.2 Å². The van der Waals surface area contributed by atoms with Gasteiger partial charge in [-0.15, -0.1) is 29.7 Å². The first-order valence-electron chi connectivity index (χ1n) is 29.7. The van der Waals surface area contributed by atoms with Crippen molar-refractivity contribution in [3.05, 3.63) is 211 Å². The average Bonchev–Trinajstić information content (AvgIpc) is 1.96. The Morgan fingerprint density at radius 3 is 1.93 bits per heavy atom. The van der Waals surface area contributed by atoms with Gasteiger partial charge in [0.25, 0.3) is 6.33 Å². The topological polar surface area (TPSA) is 35.9 Å². The summed E-state index contributed by atoms with van der Waals surface area (Å²) >= 11 is 0. The molecule has 1 aliphatic heterocycles. The van der Waals surface area contributed by atoms with Crippen molar-refractivity contribution in [3.63, 3.8) is 0 Å². The predicted molar refractivity (Wildman–Crippen MR) is 282 cm³/mol.